The minimum absolute atomic E-state index is 0.138. The highest BCUT2D eigenvalue weighted by atomic mass is 32.2. The maximum absolute atomic E-state index is 12.4. The largest absolute Gasteiger partial charge is 0.504 e. The van der Waals surface area contributed by atoms with Crippen molar-refractivity contribution >= 4 is 15.9 Å². The average Bonchev–Trinajstić information content (AvgIpc) is 2.84. The van der Waals surface area contributed by atoms with E-state index in [-0.39, 0.29) is 34.6 Å². The van der Waals surface area contributed by atoms with E-state index in [2.05, 4.69) is 0 Å². The number of benzene rings is 1. The summed E-state index contributed by atoms with van der Waals surface area (Å²) in [4.78, 5) is 13.9. The normalized spacial score (nSPS) is 18.8. The van der Waals surface area contributed by atoms with Gasteiger partial charge in [-0.25, -0.2) is 13.6 Å². The van der Waals surface area contributed by atoms with Crippen molar-refractivity contribution in [1.29, 1.82) is 0 Å². The Morgan fingerprint density at radius 1 is 1.52 bits per heavy atom. The number of rotatable bonds is 4. The smallest absolute Gasteiger partial charge is 0.257 e. The fraction of sp³-hybridized carbons (Fsp3) is 0.462. The first-order valence-electron chi connectivity index (χ1n) is 6.47. The molecule has 0 aromatic heterocycles. The van der Waals surface area contributed by atoms with Crippen LogP contribution < -0.4 is 9.88 Å². The number of likely N-dealkylation sites (tertiary alicyclic amines) is 1. The molecular weight excluding hydrogens is 296 g/mol. The molecule has 0 bridgehead atoms. The summed E-state index contributed by atoms with van der Waals surface area (Å²) >= 11 is 0. The van der Waals surface area contributed by atoms with E-state index >= 15 is 0 Å². The van der Waals surface area contributed by atoms with Crippen molar-refractivity contribution in [1.82, 2.24) is 4.90 Å². The number of methoxy groups -OCH3 is 1. The van der Waals surface area contributed by atoms with Crippen molar-refractivity contribution in [3.63, 3.8) is 0 Å². The van der Waals surface area contributed by atoms with Crippen LogP contribution in [0, 0.1) is 5.92 Å². The number of ether oxygens (including phenoxy) is 1. The molecule has 1 aromatic carbocycles. The Hall–Kier alpha value is -1.80. The highest BCUT2D eigenvalue weighted by molar-refractivity contribution is 7.89. The highest BCUT2D eigenvalue weighted by Gasteiger charge is 2.30. The first-order valence-corrected chi connectivity index (χ1v) is 8.19. The minimum atomic E-state index is -3.55. The molecule has 7 nitrogen and oxygen atoms in total. The first kappa shape index (κ1) is 15.6. The fourth-order valence-electron chi connectivity index (χ4n) is 2.51. The van der Waals surface area contributed by atoms with Gasteiger partial charge in [0, 0.05) is 13.1 Å². The predicted octanol–water partition coefficient (Wildman–Crippen LogP) is 0.151. The lowest BCUT2D eigenvalue weighted by atomic mass is 10.1. The lowest BCUT2D eigenvalue weighted by Gasteiger charge is -2.17. The summed E-state index contributed by atoms with van der Waals surface area (Å²) in [6.45, 7) is 0.752. The topological polar surface area (TPSA) is 110 Å². The van der Waals surface area contributed by atoms with Crippen molar-refractivity contribution in [2.24, 2.45) is 11.1 Å². The van der Waals surface area contributed by atoms with Gasteiger partial charge in [0.15, 0.2) is 11.5 Å². The van der Waals surface area contributed by atoms with Gasteiger partial charge < -0.3 is 14.7 Å². The Morgan fingerprint density at radius 2 is 2.24 bits per heavy atom. The predicted molar refractivity (Wildman–Crippen MR) is 76.6 cm³/mol. The maximum Gasteiger partial charge on any atom is 0.257 e. The van der Waals surface area contributed by atoms with E-state index in [1.54, 1.807) is 12.1 Å². The van der Waals surface area contributed by atoms with Crippen LogP contribution >= 0.6 is 0 Å². The van der Waals surface area contributed by atoms with Gasteiger partial charge in [-0.15, -0.1) is 0 Å². The fourth-order valence-corrected chi connectivity index (χ4v) is 3.44. The van der Waals surface area contributed by atoms with Gasteiger partial charge in [-0.2, -0.15) is 0 Å². The summed E-state index contributed by atoms with van der Waals surface area (Å²) in [7, 11) is -2.14. The van der Waals surface area contributed by atoms with Gasteiger partial charge in [0.2, 0.25) is 10.0 Å². The molecule has 21 heavy (non-hydrogen) atoms. The third-order valence-corrected chi connectivity index (χ3v) is 4.43. The quantitative estimate of drug-likeness (QED) is 0.822. The maximum atomic E-state index is 12.4. The molecule has 0 aliphatic carbocycles. The summed E-state index contributed by atoms with van der Waals surface area (Å²) in [6, 6.07) is 4.68. The number of phenolic OH excluding ortho intramolecular Hbond substituents is 1. The van der Waals surface area contributed by atoms with Crippen LogP contribution in [-0.4, -0.2) is 50.3 Å². The van der Waals surface area contributed by atoms with Gasteiger partial charge in [-0.3, -0.25) is 4.79 Å². The van der Waals surface area contributed by atoms with E-state index < -0.39 is 10.0 Å². The number of amides is 1. The lowest BCUT2D eigenvalue weighted by molar-refractivity contribution is 0.0784. The molecule has 1 aliphatic rings. The molecule has 0 saturated carbocycles. The van der Waals surface area contributed by atoms with Gasteiger partial charge in [0.1, 0.15) is 0 Å². The van der Waals surface area contributed by atoms with E-state index in [9.17, 15) is 18.3 Å². The van der Waals surface area contributed by atoms with Gasteiger partial charge in [0.25, 0.3) is 5.91 Å². The second-order valence-electron chi connectivity index (χ2n) is 5.09. The number of nitrogens with zero attached hydrogens (tertiary/aromatic N) is 1. The Balaban J connectivity index is 2.12. The summed E-state index contributed by atoms with van der Waals surface area (Å²) in [5, 5.41) is 15.0. The van der Waals surface area contributed by atoms with Crippen molar-refractivity contribution in [3.8, 4) is 11.5 Å². The van der Waals surface area contributed by atoms with Crippen LogP contribution in [0.15, 0.2) is 18.2 Å². The molecule has 1 heterocycles. The van der Waals surface area contributed by atoms with Crippen LogP contribution in [0.2, 0.25) is 0 Å². The Bertz CT molecular complexity index is 644. The van der Waals surface area contributed by atoms with Crippen molar-refractivity contribution in [3.05, 3.63) is 23.8 Å². The Kier molecular flexibility index (Phi) is 4.38. The zero-order valence-corrected chi connectivity index (χ0v) is 12.5. The zero-order valence-electron chi connectivity index (χ0n) is 11.7. The van der Waals surface area contributed by atoms with Crippen LogP contribution in [0.25, 0.3) is 0 Å². The number of aromatic hydroxyl groups is 1. The van der Waals surface area contributed by atoms with Crippen molar-refractivity contribution in [2.75, 3.05) is 26.0 Å². The monoisotopic (exact) mass is 314 g/mol. The molecular formula is C13H18N2O5S. The highest BCUT2D eigenvalue weighted by Crippen LogP contribution is 2.31. The number of para-hydroxylation sites is 1. The summed E-state index contributed by atoms with van der Waals surface area (Å²) in [5.74, 6) is -0.637. The van der Waals surface area contributed by atoms with E-state index in [0.29, 0.717) is 19.5 Å². The van der Waals surface area contributed by atoms with Crippen LogP contribution in [0.4, 0.5) is 0 Å². The lowest BCUT2D eigenvalue weighted by Crippen LogP contribution is -2.30. The van der Waals surface area contributed by atoms with Gasteiger partial charge in [-0.05, 0) is 24.5 Å². The molecule has 8 heteroatoms. The standard InChI is InChI=1S/C13H18N2O5S/c1-20-11-4-2-3-10(12(11)16)13(17)15-6-5-9(7-15)8-21(14,18)19/h2-4,9,16H,5-8H2,1H3,(H2,14,18,19)/t9-/m0/s1. The van der Waals surface area contributed by atoms with Crippen molar-refractivity contribution < 1.29 is 23.1 Å². The number of carbonyl (C=O) groups excluding carboxylic acids is 1. The molecule has 1 atom stereocenters. The molecule has 0 radical (unpaired) electrons. The van der Waals surface area contributed by atoms with E-state index in [0.717, 1.165) is 0 Å². The number of sulfonamides is 1. The Morgan fingerprint density at radius 3 is 2.86 bits per heavy atom. The molecule has 2 rings (SSSR count). The van der Waals surface area contributed by atoms with E-state index in [4.69, 9.17) is 9.88 Å². The second-order valence-corrected chi connectivity index (χ2v) is 6.75. The molecule has 1 fully saturated rings. The van der Waals surface area contributed by atoms with Crippen LogP contribution in [0.5, 0.6) is 11.5 Å². The van der Waals surface area contributed by atoms with Crippen LogP contribution in [0.3, 0.4) is 0 Å². The SMILES string of the molecule is COc1cccc(C(=O)N2CC[C@H](CS(N)(=O)=O)C2)c1O. The van der Waals surface area contributed by atoms with Gasteiger partial charge in [0.05, 0.1) is 18.4 Å². The number of nitrogens with two attached hydrogens (primary N) is 1. The third-order valence-electron chi connectivity index (χ3n) is 3.49. The number of primary sulfonamides is 1. The summed E-state index contributed by atoms with van der Waals surface area (Å²) in [5.41, 5.74) is 0.144. The van der Waals surface area contributed by atoms with Crippen LogP contribution in [-0.2, 0) is 10.0 Å². The number of carbonyl (C=O) groups is 1. The molecule has 0 unspecified atom stereocenters. The van der Waals surface area contributed by atoms with Gasteiger partial charge in [-0.1, -0.05) is 6.07 Å². The van der Waals surface area contributed by atoms with E-state index in [1.165, 1.54) is 18.1 Å². The molecule has 1 aliphatic heterocycles. The minimum Gasteiger partial charge on any atom is -0.504 e. The van der Waals surface area contributed by atoms with Gasteiger partial charge >= 0.3 is 0 Å². The second kappa shape index (κ2) is 5.90. The summed E-state index contributed by atoms with van der Waals surface area (Å²) < 4.78 is 27.1. The molecule has 1 saturated heterocycles. The van der Waals surface area contributed by atoms with Crippen LogP contribution in [0.1, 0.15) is 16.8 Å². The summed E-state index contributed by atoms with van der Waals surface area (Å²) in [6.07, 6.45) is 0.576. The molecule has 1 aromatic rings. The molecule has 1 amide bonds. The average molecular weight is 314 g/mol. The molecule has 3 N–H and O–H groups in total. The molecule has 0 spiro atoms. The zero-order chi connectivity index (χ0) is 15.6. The Labute approximate surface area is 123 Å². The molecule has 116 valence electrons. The third kappa shape index (κ3) is 3.64. The number of hydrogen-bond donors (Lipinski definition) is 2. The van der Waals surface area contributed by atoms with E-state index in [1.807, 2.05) is 0 Å². The number of hydrogen-bond acceptors (Lipinski definition) is 5. The first-order chi connectivity index (χ1) is 9.81. The number of phenols is 1. The van der Waals surface area contributed by atoms with Crippen molar-refractivity contribution in [2.45, 2.75) is 6.42 Å².